The predicted molar refractivity (Wildman–Crippen MR) is 94.3 cm³/mol. The maximum Gasteiger partial charge on any atom is 0.340 e. The molecule has 1 heterocycles. The lowest BCUT2D eigenvalue weighted by Gasteiger charge is -2.14. The first-order chi connectivity index (χ1) is 11.2. The molecule has 6 heteroatoms. The third kappa shape index (κ3) is 3.77. The summed E-state index contributed by atoms with van der Waals surface area (Å²) in [6.45, 7) is 7.39. The highest BCUT2D eigenvalue weighted by molar-refractivity contribution is 6.41. The molecule has 1 aromatic carbocycles. The summed E-state index contributed by atoms with van der Waals surface area (Å²) in [6.07, 6.45) is 1.26. The molecule has 1 aromatic heterocycles. The Bertz CT molecular complexity index is 831. The summed E-state index contributed by atoms with van der Waals surface area (Å²) in [5, 5.41) is 0.254. The van der Waals surface area contributed by atoms with E-state index in [0.29, 0.717) is 5.56 Å². The lowest BCUT2D eigenvalue weighted by Crippen LogP contribution is -2.17. The van der Waals surface area contributed by atoms with E-state index in [-0.39, 0.29) is 28.1 Å². The van der Waals surface area contributed by atoms with E-state index in [1.54, 1.807) is 0 Å². The lowest BCUT2D eigenvalue weighted by atomic mass is 9.92. The second-order valence-corrected chi connectivity index (χ2v) is 6.40. The van der Waals surface area contributed by atoms with Crippen LogP contribution in [0.3, 0.4) is 0 Å². The number of esters is 1. The van der Waals surface area contributed by atoms with Crippen molar-refractivity contribution < 1.29 is 14.3 Å². The van der Waals surface area contributed by atoms with Gasteiger partial charge in [-0.1, -0.05) is 29.3 Å². The summed E-state index contributed by atoms with van der Waals surface area (Å²) in [6, 6.07) is 3.32. The molecule has 0 aliphatic carbocycles. The maximum absolute atomic E-state index is 12.5. The van der Waals surface area contributed by atoms with Crippen molar-refractivity contribution in [1.82, 2.24) is 4.98 Å². The minimum atomic E-state index is -0.673. The first-order valence-corrected chi connectivity index (χ1v) is 8.06. The van der Waals surface area contributed by atoms with Gasteiger partial charge in [-0.05, 0) is 56.0 Å². The van der Waals surface area contributed by atoms with Crippen LogP contribution < -0.4 is 0 Å². The molecule has 0 aliphatic rings. The molecule has 0 bridgehead atoms. The Labute approximate surface area is 150 Å². The quantitative estimate of drug-likeness (QED) is 0.449. The molecule has 0 N–H and O–H groups in total. The number of pyridine rings is 1. The number of ketones is 1. The summed E-state index contributed by atoms with van der Waals surface area (Å²) in [5.74, 6) is -0.914. The molecule has 0 radical (unpaired) electrons. The zero-order chi connectivity index (χ0) is 18.0. The van der Waals surface area contributed by atoms with E-state index in [9.17, 15) is 9.59 Å². The molecule has 24 heavy (non-hydrogen) atoms. The van der Waals surface area contributed by atoms with Gasteiger partial charge < -0.3 is 4.74 Å². The van der Waals surface area contributed by atoms with Gasteiger partial charge in [0, 0.05) is 11.8 Å². The monoisotopic (exact) mass is 365 g/mol. The Morgan fingerprint density at radius 2 is 1.71 bits per heavy atom. The largest absolute Gasteiger partial charge is 0.454 e. The van der Waals surface area contributed by atoms with Crippen molar-refractivity contribution in [2.45, 2.75) is 27.7 Å². The van der Waals surface area contributed by atoms with Gasteiger partial charge in [0.05, 0.1) is 10.6 Å². The summed E-state index contributed by atoms with van der Waals surface area (Å²) in [5.41, 5.74) is 4.70. The smallest absolute Gasteiger partial charge is 0.340 e. The van der Waals surface area contributed by atoms with Crippen LogP contribution in [-0.2, 0) is 4.74 Å². The molecule has 0 saturated carbocycles. The topological polar surface area (TPSA) is 56.3 Å². The molecular weight excluding hydrogens is 349 g/mol. The number of carbonyl (C=O) groups excluding carboxylic acids is 2. The summed E-state index contributed by atoms with van der Waals surface area (Å²) in [7, 11) is 0. The maximum atomic E-state index is 12.5. The number of carbonyl (C=O) groups is 2. The van der Waals surface area contributed by atoms with Gasteiger partial charge in [-0.2, -0.15) is 0 Å². The van der Waals surface area contributed by atoms with Gasteiger partial charge in [0.1, 0.15) is 5.15 Å². The molecule has 0 amide bonds. The molecule has 126 valence electrons. The number of Topliss-reactive ketones (excluding diaryl/α,β-unsaturated/α-hetero) is 1. The molecular formula is C18H17Cl2NO3. The standard InChI is InChI=1S/C18H17Cl2NO3/c1-9-5-10(2)16(12(4)11(9)3)15(22)8-24-18(23)13-6-14(19)17(20)21-7-13/h5-7H,8H2,1-4H3. The minimum absolute atomic E-state index is 0.102. The number of hydrogen-bond acceptors (Lipinski definition) is 4. The van der Waals surface area contributed by atoms with Crippen LogP contribution in [0.15, 0.2) is 18.3 Å². The van der Waals surface area contributed by atoms with Gasteiger partial charge in [-0.3, -0.25) is 4.79 Å². The second kappa shape index (κ2) is 7.32. The summed E-state index contributed by atoms with van der Waals surface area (Å²) in [4.78, 5) is 28.3. The van der Waals surface area contributed by atoms with Crippen molar-refractivity contribution in [1.29, 1.82) is 0 Å². The first kappa shape index (κ1) is 18.4. The van der Waals surface area contributed by atoms with Gasteiger partial charge in [0.2, 0.25) is 5.78 Å². The van der Waals surface area contributed by atoms with Crippen molar-refractivity contribution in [3.05, 3.63) is 61.9 Å². The zero-order valence-electron chi connectivity index (χ0n) is 13.9. The van der Waals surface area contributed by atoms with E-state index < -0.39 is 5.97 Å². The minimum Gasteiger partial charge on any atom is -0.454 e. The van der Waals surface area contributed by atoms with Crippen molar-refractivity contribution in [3.8, 4) is 0 Å². The van der Waals surface area contributed by atoms with Gasteiger partial charge in [-0.15, -0.1) is 0 Å². The molecule has 0 atom stereocenters. The van der Waals surface area contributed by atoms with Crippen molar-refractivity contribution in [2.24, 2.45) is 0 Å². The average Bonchev–Trinajstić information content (AvgIpc) is 2.53. The zero-order valence-corrected chi connectivity index (χ0v) is 15.4. The van der Waals surface area contributed by atoms with Crippen LogP contribution in [0, 0.1) is 27.7 Å². The van der Waals surface area contributed by atoms with Crippen LogP contribution >= 0.6 is 23.2 Å². The highest BCUT2D eigenvalue weighted by atomic mass is 35.5. The van der Waals surface area contributed by atoms with Crippen molar-refractivity contribution in [3.63, 3.8) is 0 Å². The Morgan fingerprint density at radius 1 is 1.04 bits per heavy atom. The fourth-order valence-corrected chi connectivity index (χ4v) is 2.80. The number of rotatable bonds is 4. The number of nitrogens with zero attached hydrogens (tertiary/aromatic N) is 1. The van der Waals surface area contributed by atoms with E-state index in [0.717, 1.165) is 22.3 Å². The van der Waals surface area contributed by atoms with Crippen LogP contribution in [0.2, 0.25) is 10.2 Å². The highest BCUT2D eigenvalue weighted by Gasteiger charge is 2.18. The number of hydrogen-bond donors (Lipinski definition) is 0. The summed E-state index contributed by atoms with van der Waals surface area (Å²) >= 11 is 11.5. The van der Waals surface area contributed by atoms with E-state index in [4.69, 9.17) is 27.9 Å². The fourth-order valence-electron chi connectivity index (χ4n) is 2.53. The molecule has 0 saturated heterocycles. The molecule has 2 aromatic rings. The van der Waals surface area contributed by atoms with Crippen molar-refractivity contribution >= 4 is 35.0 Å². The van der Waals surface area contributed by atoms with Crippen molar-refractivity contribution in [2.75, 3.05) is 6.61 Å². The SMILES string of the molecule is Cc1cc(C)c(C(=O)COC(=O)c2cnc(Cl)c(Cl)c2)c(C)c1C. The second-order valence-electron chi connectivity index (χ2n) is 5.63. The first-order valence-electron chi connectivity index (χ1n) is 7.31. The Balaban J connectivity index is 2.15. The lowest BCUT2D eigenvalue weighted by molar-refractivity contribution is 0.0474. The number of aryl methyl sites for hydroxylation is 2. The van der Waals surface area contributed by atoms with Gasteiger partial charge >= 0.3 is 5.97 Å². The van der Waals surface area contributed by atoms with Crippen LogP contribution in [0.5, 0.6) is 0 Å². The summed E-state index contributed by atoms with van der Waals surface area (Å²) < 4.78 is 5.09. The molecule has 4 nitrogen and oxygen atoms in total. The number of benzene rings is 1. The number of ether oxygens (including phenoxy) is 1. The van der Waals surface area contributed by atoms with Crippen LogP contribution in [0.1, 0.15) is 43.0 Å². The van der Waals surface area contributed by atoms with E-state index in [2.05, 4.69) is 4.98 Å². The molecule has 0 spiro atoms. The molecule has 0 aliphatic heterocycles. The Morgan fingerprint density at radius 3 is 2.33 bits per heavy atom. The normalized spacial score (nSPS) is 10.6. The number of aromatic nitrogens is 1. The van der Waals surface area contributed by atoms with E-state index in [1.165, 1.54) is 12.3 Å². The fraction of sp³-hybridized carbons (Fsp3) is 0.278. The van der Waals surface area contributed by atoms with E-state index >= 15 is 0 Å². The third-order valence-electron chi connectivity index (χ3n) is 4.00. The van der Waals surface area contributed by atoms with E-state index in [1.807, 2.05) is 33.8 Å². The average molecular weight is 366 g/mol. The molecule has 2 rings (SSSR count). The van der Waals surface area contributed by atoms with Crippen LogP contribution in [0.4, 0.5) is 0 Å². The Hall–Kier alpha value is -1.91. The van der Waals surface area contributed by atoms with Gasteiger partial charge in [0.15, 0.2) is 6.61 Å². The predicted octanol–water partition coefficient (Wildman–Crippen LogP) is 4.66. The highest BCUT2D eigenvalue weighted by Crippen LogP contribution is 2.23. The molecule has 0 unspecified atom stereocenters. The van der Waals surface area contributed by atoms with Gasteiger partial charge in [0.25, 0.3) is 0 Å². The molecule has 0 fully saturated rings. The third-order valence-corrected chi connectivity index (χ3v) is 4.69. The van der Waals surface area contributed by atoms with Gasteiger partial charge in [-0.25, -0.2) is 9.78 Å². The van der Waals surface area contributed by atoms with Crippen LogP contribution in [-0.4, -0.2) is 23.3 Å². The Kier molecular flexibility index (Phi) is 5.62. The number of halogens is 2. The van der Waals surface area contributed by atoms with Crippen LogP contribution in [0.25, 0.3) is 0 Å².